The van der Waals surface area contributed by atoms with E-state index in [0.29, 0.717) is 30.4 Å². The molecule has 2 atom stereocenters. The van der Waals surface area contributed by atoms with Crippen LogP contribution in [-0.2, 0) is 6.54 Å². The topological polar surface area (TPSA) is 65.7 Å². The molecular weight excluding hydrogens is 346 g/mol. The first-order valence-corrected chi connectivity index (χ1v) is 10.2. The Morgan fingerprint density at radius 3 is 2.96 bits per heavy atom. The Balaban J connectivity index is 1.62. The summed E-state index contributed by atoms with van der Waals surface area (Å²) in [6.07, 6.45) is 1.70. The smallest absolute Gasteiger partial charge is 0.236 e. The highest BCUT2D eigenvalue weighted by atomic mass is 32.1. The number of guanidine groups is 1. The predicted octanol–water partition coefficient (Wildman–Crippen LogP) is 3.19. The van der Waals surface area contributed by atoms with Crippen molar-refractivity contribution in [3.05, 3.63) is 29.5 Å². The molecule has 142 valence electrons. The van der Waals surface area contributed by atoms with E-state index in [0.717, 1.165) is 36.2 Å². The fourth-order valence-electron chi connectivity index (χ4n) is 3.16. The highest BCUT2D eigenvalue weighted by molar-refractivity contribution is 7.13. The molecule has 2 aromatic rings. The summed E-state index contributed by atoms with van der Waals surface area (Å²) < 4.78 is 5.57. The molecule has 1 aliphatic rings. The molecule has 7 heteroatoms. The average molecular weight is 376 g/mol. The van der Waals surface area contributed by atoms with Crippen LogP contribution < -0.4 is 10.6 Å². The van der Waals surface area contributed by atoms with Gasteiger partial charge < -0.3 is 15.1 Å². The fraction of sp³-hybridized carbons (Fsp3) is 0.579. The molecule has 1 saturated heterocycles. The maximum absolute atomic E-state index is 5.57. The quantitative estimate of drug-likeness (QED) is 0.600. The fourth-order valence-corrected chi connectivity index (χ4v) is 3.82. The molecule has 2 aromatic heterocycles. The van der Waals surface area contributed by atoms with Gasteiger partial charge in [-0.25, -0.2) is 9.98 Å². The Hall–Kier alpha value is -1.86. The van der Waals surface area contributed by atoms with E-state index in [2.05, 4.69) is 48.2 Å². The first kappa shape index (κ1) is 18.9. The van der Waals surface area contributed by atoms with Gasteiger partial charge in [0.2, 0.25) is 5.89 Å². The molecule has 2 N–H and O–H groups in total. The van der Waals surface area contributed by atoms with Crippen LogP contribution in [0.3, 0.4) is 0 Å². The van der Waals surface area contributed by atoms with Gasteiger partial charge in [-0.3, -0.25) is 4.90 Å². The van der Waals surface area contributed by atoms with Gasteiger partial charge in [0.25, 0.3) is 0 Å². The van der Waals surface area contributed by atoms with Crippen molar-refractivity contribution in [3.63, 3.8) is 0 Å². The molecule has 0 radical (unpaired) electrons. The summed E-state index contributed by atoms with van der Waals surface area (Å²) in [5.74, 6) is 2.11. The standard InChI is InChI=1S/C19H29N5OS/c1-5-20-19(23-16-11-24(13(2)3)10-14(16)4)21-9-15-12-25-18(22-15)17-7-6-8-26-17/h6-8,12-14,16H,5,9-11H2,1-4H3,(H2,20,21,23). The van der Waals surface area contributed by atoms with Crippen LogP contribution in [0.1, 0.15) is 33.4 Å². The van der Waals surface area contributed by atoms with E-state index in [1.165, 1.54) is 0 Å². The summed E-state index contributed by atoms with van der Waals surface area (Å²) in [5.41, 5.74) is 0.842. The first-order valence-electron chi connectivity index (χ1n) is 9.34. The van der Waals surface area contributed by atoms with Crippen LogP contribution in [0.2, 0.25) is 0 Å². The number of hydrogen-bond acceptors (Lipinski definition) is 5. The van der Waals surface area contributed by atoms with E-state index >= 15 is 0 Å². The molecule has 0 amide bonds. The number of aliphatic imine (C=N–C) groups is 1. The molecule has 6 nitrogen and oxygen atoms in total. The van der Waals surface area contributed by atoms with Gasteiger partial charge in [-0.05, 0) is 38.1 Å². The number of hydrogen-bond donors (Lipinski definition) is 2. The van der Waals surface area contributed by atoms with Crippen molar-refractivity contribution in [2.24, 2.45) is 10.9 Å². The maximum atomic E-state index is 5.57. The van der Waals surface area contributed by atoms with Crippen molar-refractivity contribution in [1.29, 1.82) is 0 Å². The lowest BCUT2D eigenvalue weighted by molar-refractivity contribution is 0.265. The number of nitrogens with zero attached hydrogens (tertiary/aromatic N) is 3. The van der Waals surface area contributed by atoms with Crippen LogP contribution in [0.25, 0.3) is 10.8 Å². The molecule has 0 saturated carbocycles. The number of thiophene rings is 1. The number of aromatic nitrogens is 1. The molecule has 3 rings (SSSR count). The van der Waals surface area contributed by atoms with Crippen molar-refractivity contribution >= 4 is 17.3 Å². The Morgan fingerprint density at radius 2 is 2.31 bits per heavy atom. The molecule has 0 spiro atoms. The van der Waals surface area contributed by atoms with E-state index in [1.54, 1.807) is 17.6 Å². The second-order valence-electron chi connectivity index (χ2n) is 7.09. The SMILES string of the molecule is CCNC(=NCc1coc(-c2cccs2)n1)NC1CN(C(C)C)CC1C. The van der Waals surface area contributed by atoms with Gasteiger partial charge in [-0.1, -0.05) is 13.0 Å². The number of nitrogens with one attached hydrogen (secondary N) is 2. The number of oxazole rings is 1. The molecule has 0 aliphatic carbocycles. The lowest BCUT2D eigenvalue weighted by atomic mass is 10.1. The third-order valence-corrected chi connectivity index (χ3v) is 5.58. The zero-order chi connectivity index (χ0) is 18.5. The van der Waals surface area contributed by atoms with E-state index in [-0.39, 0.29) is 0 Å². The molecule has 1 aliphatic heterocycles. The average Bonchev–Trinajstić information content (AvgIpc) is 3.34. The molecule has 1 fully saturated rings. The van der Waals surface area contributed by atoms with E-state index in [9.17, 15) is 0 Å². The zero-order valence-electron chi connectivity index (χ0n) is 16.0. The van der Waals surface area contributed by atoms with E-state index in [4.69, 9.17) is 9.41 Å². The van der Waals surface area contributed by atoms with Crippen molar-refractivity contribution < 1.29 is 4.42 Å². The second-order valence-corrected chi connectivity index (χ2v) is 8.04. The summed E-state index contributed by atoms with van der Waals surface area (Å²) in [4.78, 5) is 12.8. The Bertz CT molecular complexity index is 709. The Kier molecular flexibility index (Phi) is 6.32. The monoisotopic (exact) mass is 375 g/mol. The van der Waals surface area contributed by atoms with Gasteiger partial charge in [-0.2, -0.15) is 0 Å². The van der Waals surface area contributed by atoms with Crippen LogP contribution in [0.5, 0.6) is 0 Å². The largest absolute Gasteiger partial charge is 0.443 e. The number of likely N-dealkylation sites (tertiary alicyclic amines) is 1. The summed E-state index contributed by atoms with van der Waals surface area (Å²) in [6.45, 7) is 12.4. The molecule has 2 unspecified atom stereocenters. The minimum Gasteiger partial charge on any atom is -0.443 e. The maximum Gasteiger partial charge on any atom is 0.236 e. The third kappa shape index (κ3) is 4.65. The van der Waals surface area contributed by atoms with Gasteiger partial charge in [0.1, 0.15) is 12.0 Å². The molecule has 0 bridgehead atoms. The van der Waals surface area contributed by atoms with Crippen molar-refractivity contribution in [1.82, 2.24) is 20.5 Å². The van der Waals surface area contributed by atoms with Crippen LogP contribution in [0.4, 0.5) is 0 Å². The molecule has 3 heterocycles. The van der Waals surface area contributed by atoms with Gasteiger partial charge in [0.05, 0.1) is 11.4 Å². The molecule has 0 aromatic carbocycles. The predicted molar refractivity (Wildman–Crippen MR) is 107 cm³/mol. The lowest BCUT2D eigenvalue weighted by Gasteiger charge is -2.21. The molecular formula is C19H29N5OS. The minimum atomic E-state index is 0.411. The van der Waals surface area contributed by atoms with Crippen molar-refractivity contribution in [3.8, 4) is 10.8 Å². The van der Waals surface area contributed by atoms with Gasteiger partial charge >= 0.3 is 0 Å². The molecule has 26 heavy (non-hydrogen) atoms. The van der Waals surface area contributed by atoms with Crippen molar-refractivity contribution in [2.45, 2.75) is 46.3 Å². The number of rotatable bonds is 6. The van der Waals surface area contributed by atoms with E-state index in [1.807, 2.05) is 17.5 Å². The van der Waals surface area contributed by atoms with Gasteiger partial charge in [0, 0.05) is 31.7 Å². The van der Waals surface area contributed by atoms with Crippen LogP contribution >= 0.6 is 11.3 Å². The van der Waals surface area contributed by atoms with Crippen LogP contribution in [0.15, 0.2) is 33.2 Å². The minimum absolute atomic E-state index is 0.411. The summed E-state index contributed by atoms with van der Waals surface area (Å²) >= 11 is 1.62. The summed E-state index contributed by atoms with van der Waals surface area (Å²) in [5, 5.41) is 8.96. The van der Waals surface area contributed by atoms with Gasteiger partial charge in [-0.15, -0.1) is 11.3 Å². The first-order chi connectivity index (χ1) is 12.6. The second kappa shape index (κ2) is 8.68. The van der Waals surface area contributed by atoms with Gasteiger partial charge in [0.15, 0.2) is 5.96 Å². The van der Waals surface area contributed by atoms with Crippen molar-refractivity contribution in [2.75, 3.05) is 19.6 Å². The summed E-state index contributed by atoms with van der Waals surface area (Å²) in [7, 11) is 0. The lowest BCUT2D eigenvalue weighted by Crippen LogP contribution is -2.46. The van der Waals surface area contributed by atoms with Crippen LogP contribution in [-0.4, -0.2) is 47.6 Å². The van der Waals surface area contributed by atoms with E-state index < -0.39 is 0 Å². The highest BCUT2D eigenvalue weighted by Gasteiger charge is 2.31. The highest BCUT2D eigenvalue weighted by Crippen LogP contribution is 2.23. The Morgan fingerprint density at radius 1 is 1.46 bits per heavy atom. The Labute approximate surface area is 159 Å². The zero-order valence-corrected chi connectivity index (χ0v) is 16.8. The van der Waals surface area contributed by atoms with Crippen LogP contribution in [0, 0.1) is 5.92 Å². The summed E-state index contributed by atoms with van der Waals surface area (Å²) in [6, 6.07) is 5.00. The third-order valence-electron chi connectivity index (χ3n) is 4.72. The normalized spacial score (nSPS) is 21.5.